The highest BCUT2D eigenvalue weighted by molar-refractivity contribution is 5.75. The molecule has 0 aliphatic carbocycles. The fourth-order valence-corrected chi connectivity index (χ4v) is 4.01. The Morgan fingerprint density at radius 1 is 1.11 bits per heavy atom. The fraction of sp³-hybridized carbons (Fsp3) is 0.619. The predicted octanol–water partition coefficient (Wildman–Crippen LogP) is 2.73. The average Bonchev–Trinajstić information content (AvgIpc) is 2.91. The van der Waals surface area contributed by atoms with E-state index >= 15 is 0 Å². The Balaban J connectivity index is 0.000000300. The number of rotatable bonds is 6. The molecule has 0 spiro atoms. The summed E-state index contributed by atoms with van der Waals surface area (Å²) in [5.41, 5.74) is 7.46. The number of carbonyl (C=O) groups is 2. The third kappa shape index (κ3) is 6.19. The molecular weight excluding hydrogens is 363 g/mol. The summed E-state index contributed by atoms with van der Waals surface area (Å²) >= 11 is 0. The average molecular weight is 394 g/mol. The lowest BCUT2D eigenvalue weighted by molar-refractivity contribution is -0.143. The Labute approximate surface area is 165 Å². The number of benzene rings is 1. The number of carboxylic acid groups (broad SMARTS) is 2. The molecule has 0 saturated heterocycles. The summed E-state index contributed by atoms with van der Waals surface area (Å²) in [6, 6.07) is 2.44. The number of carboxylic acids is 2. The molecule has 0 aromatic heterocycles. The molecule has 1 aromatic rings. The van der Waals surface area contributed by atoms with Crippen molar-refractivity contribution >= 4 is 17.6 Å². The summed E-state index contributed by atoms with van der Waals surface area (Å²) in [7, 11) is 0. The van der Waals surface area contributed by atoms with Crippen molar-refractivity contribution in [1.82, 2.24) is 5.32 Å². The molecule has 0 radical (unpaired) electrons. The highest BCUT2D eigenvalue weighted by Gasteiger charge is 2.23. The van der Waals surface area contributed by atoms with E-state index in [1.807, 2.05) is 0 Å². The monoisotopic (exact) mass is 394 g/mol. The zero-order valence-electron chi connectivity index (χ0n) is 16.6. The van der Waals surface area contributed by atoms with E-state index in [0.717, 1.165) is 39.0 Å². The van der Waals surface area contributed by atoms with Gasteiger partial charge in [0.15, 0.2) is 0 Å². The van der Waals surface area contributed by atoms with Gasteiger partial charge in [-0.1, -0.05) is 6.07 Å². The molecule has 3 rings (SSSR count). The first-order valence-electron chi connectivity index (χ1n) is 10.0. The normalized spacial score (nSPS) is 15.6. The second kappa shape index (κ2) is 11.0. The van der Waals surface area contributed by atoms with Crippen molar-refractivity contribution in [2.45, 2.75) is 51.9 Å². The van der Waals surface area contributed by atoms with Crippen molar-refractivity contribution in [3.63, 3.8) is 0 Å². The molecule has 7 heteroatoms. The number of aryl methyl sites for hydroxylation is 1. The largest absolute Gasteiger partial charge is 0.481 e. The van der Waals surface area contributed by atoms with Gasteiger partial charge in [-0.25, -0.2) is 0 Å². The number of anilines is 1. The predicted molar refractivity (Wildman–Crippen MR) is 107 cm³/mol. The molecular formula is C21H31FN2O4. The molecule has 1 aromatic carbocycles. The number of alkyl halides is 1. The molecule has 2 aliphatic rings. The van der Waals surface area contributed by atoms with Gasteiger partial charge in [0, 0.05) is 18.8 Å². The number of halogens is 1. The first kappa shape index (κ1) is 22.1. The van der Waals surface area contributed by atoms with E-state index in [4.69, 9.17) is 10.2 Å². The second-order valence-electron chi connectivity index (χ2n) is 7.32. The van der Waals surface area contributed by atoms with Gasteiger partial charge in [-0.3, -0.25) is 14.0 Å². The zero-order valence-corrected chi connectivity index (χ0v) is 16.6. The summed E-state index contributed by atoms with van der Waals surface area (Å²) in [6.45, 7) is 6.19. The Morgan fingerprint density at radius 3 is 2.43 bits per heavy atom. The van der Waals surface area contributed by atoms with E-state index in [1.165, 1.54) is 29.7 Å². The lowest BCUT2D eigenvalue weighted by Crippen LogP contribution is -2.32. The number of nitrogens with zero attached hydrogens (tertiary/aromatic N) is 1. The Kier molecular flexibility index (Phi) is 8.70. The van der Waals surface area contributed by atoms with Crippen LogP contribution in [0.15, 0.2) is 6.07 Å². The first-order chi connectivity index (χ1) is 13.4. The number of fused-ring (bicyclic) bond motifs is 2. The standard InChI is InChI=1S/C17H25FN2.C4H6O4/c1-13-16-6-9-19-8-5-14(16)12-15-4-2-10-20(17(13)15)11-3-7-18;5-3(6)1-2-4(7)8/h12,19H,2-11H2,1H3;1-2H2,(H,5,6)(H,7,8). The van der Waals surface area contributed by atoms with E-state index in [9.17, 15) is 14.0 Å². The van der Waals surface area contributed by atoms with Crippen molar-refractivity contribution in [3.8, 4) is 0 Å². The minimum absolute atomic E-state index is 0.209. The Bertz CT molecular complexity index is 679. The van der Waals surface area contributed by atoms with E-state index in [1.54, 1.807) is 11.1 Å². The van der Waals surface area contributed by atoms with Crippen LogP contribution in [0.3, 0.4) is 0 Å². The van der Waals surface area contributed by atoms with E-state index < -0.39 is 11.9 Å². The van der Waals surface area contributed by atoms with Gasteiger partial charge in [-0.15, -0.1) is 0 Å². The highest BCUT2D eigenvalue weighted by atomic mass is 19.1. The van der Waals surface area contributed by atoms with Crippen LogP contribution in [0.5, 0.6) is 0 Å². The van der Waals surface area contributed by atoms with E-state index in [0.29, 0.717) is 6.42 Å². The summed E-state index contributed by atoms with van der Waals surface area (Å²) in [5, 5.41) is 19.3. The van der Waals surface area contributed by atoms with Crippen LogP contribution in [0.2, 0.25) is 0 Å². The van der Waals surface area contributed by atoms with E-state index in [2.05, 4.69) is 23.2 Å². The van der Waals surface area contributed by atoms with Crippen molar-refractivity contribution in [1.29, 1.82) is 0 Å². The molecule has 0 fully saturated rings. The maximum atomic E-state index is 12.5. The maximum absolute atomic E-state index is 12.5. The highest BCUT2D eigenvalue weighted by Crippen LogP contribution is 2.35. The van der Waals surface area contributed by atoms with Gasteiger partial charge < -0.3 is 20.4 Å². The van der Waals surface area contributed by atoms with Gasteiger partial charge in [0.2, 0.25) is 0 Å². The van der Waals surface area contributed by atoms with E-state index in [-0.39, 0.29) is 19.5 Å². The molecule has 156 valence electrons. The molecule has 0 bridgehead atoms. The summed E-state index contributed by atoms with van der Waals surface area (Å²) < 4.78 is 12.5. The lowest BCUT2D eigenvalue weighted by Gasteiger charge is -2.34. The number of aliphatic carboxylic acids is 2. The number of hydrogen-bond acceptors (Lipinski definition) is 4. The lowest BCUT2D eigenvalue weighted by atomic mass is 9.89. The molecule has 28 heavy (non-hydrogen) atoms. The SMILES string of the molecule is Cc1c2c(cc3c1N(CCCF)CCC3)CCNCC2.O=C(O)CCC(=O)O. The molecule has 6 nitrogen and oxygen atoms in total. The maximum Gasteiger partial charge on any atom is 0.303 e. The van der Waals surface area contributed by atoms with Gasteiger partial charge in [0.1, 0.15) is 0 Å². The number of nitrogens with one attached hydrogen (secondary N) is 1. The first-order valence-corrected chi connectivity index (χ1v) is 10.0. The second-order valence-corrected chi connectivity index (χ2v) is 7.32. The summed E-state index contributed by atoms with van der Waals surface area (Å²) in [6.07, 6.45) is 4.72. The molecule has 0 saturated carbocycles. The summed E-state index contributed by atoms with van der Waals surface area (Å²) in [5.74, 6) is -2.15. The third-order valence-corrected chi connectivity index (χ3v) is 5.28. The van der Waals surface area contributed by atoms with Crippen molar-refractivity contribution in [2.24, 2.45) is 0 Å². The van der Waals surface area contributed by atoms with Crippen molar-refractivity contribution in [3.05, 3.63) is 28.3 Å². The van der Waals surface area contributed by atoms with Crippen LogP contribution in [0.4, 0.5) is 10.1 Å². The van der Waals surface area contributed by atoms with Crippen LogP contribution < -0.4 is 10.2 Å². The van der Waals surface area contributed by atoms with Crippen LogP contribution in [-0.2, 0) is 28.9 Å². The van der Waals surface area contributed by atoms with Gasteiger partial charge in [-0.05, 0) is 74.4 Å². The van der Waals surface area contributed by atoms with Crippen LogP contribution in [0, 0.1) is 6.92 Å². The molecule has 0 amide bonds. The molecule has 0 unspecified atom stereocenters. The Hall–Kier alpha value is -2.15. The van der Waals surface area contributed by atoms with Gasteiger partial charge in [0.25, 0.3) is 0 Å². The topological polar surface area (TPSA) is 89.9 Å². The summed E-state index contributed by atoms with van der Waals surface area (Å²) in [4.78, 5) is 21.7. The van der Waals surface area contributed by atoms with Crippen LogP contribution >= 0.6 is 0 Å². The third-order valence-electron chi connectivity index (χ3n) is 5.28. The van der Waals surface area contributed by atoms with Crippen LogP contribution in [0.1, 0.15) is 47.9 Å². The van der Waals surface area contributed by atoms with Crippen molar-refractivity contribution in [2.75, 3.05) is 37.8 Å². The molecule has 2 heterocycles. The van der Waals surface area contributed by atoms with Gasteiger partial charge >= 0.3 is 11.9 Å². The zero-order chi connectivity index (χ0) is 20.5. The van der Waals surface area contributed by atoms with Crippen LogP contribution in [0.25, 0.3) is 0 Å². The molecule has 3 N–H and O–H groups in total. The molecule has 0 atom stereocenters. The molecule has 2 aliphatic heterocycles. The minimum Gasteiger partial charge on any atom is -0.481 e. The quantitative estimate of drug-likeness (QED) is 0.687. The van der Waals surface area contributed by atoms with Crippen LogP contribution in [-0.4, -0.2) is 55.0 Å². The number of hydrogen-bond donors (Lipinski definition) is 3. The minimum atomic E-state index is -1.08. The smallest absolute Gasteiger partial charge is 0.303 e. The van der Waals surface area contributed by atoms with Crippen molar-refractivity contribution < 1.29 is 24.2 Å². The van der Waals surface area contributed by atoms with Gasteiger partial charge in [-0.2, -0.15) is 0 Å². The Morgan fingerprint density at radius 2 is 1.79 bits per heavy atom. The van der Waals surface area contributed by atoms with Gasteiger partial charge in [0.05, 0.1) is 19.5 Å². The fourth-order valence-electron chi connectivity index (χ4n) is 4.01.